The first-order valence-corrected chi connectivity index (χ1v) is 6.82. The molecule has 0 aromatic heterocycles. The van der Waals surface area contributed by atoms with E-state index in [1.165, 1.54) is 0 Å². The molecule has 1 amide bonds. The molecule has 0 aliphatic carbocycles. The van der Waals surface area contributed by atoms with Crippen molar-refractivity contribution >= 4 is 5.91 Å². The molecule has 3 heteroatoms. The highest BCUT2D eigenvalue weighted by Crippen LogP contribution is 2.25. The Labute approximate surface area is 107 Å². The summed E-state index contributed by atoms with van der Waals surface area (Å²) in [6.07, 6.45) is 3.58. The summed E-state index contributed by atoms with van der Waals surface area (Å²) < 4.78 is 0. The van der Waals surface area contributed by atoms with E-state index in [0.29, 0.717) is 18.9 Å². The third-order valence-corrected chi connectivity index (χ3v) is 3.74. The van der Waals surface area contributed by atoms with Gasteiger partial charge in [-0.25, -0.2) is 0 Å². The Morgan fingerprint density at radius 2 is 1.88 bits per heavy atom. The minimum Gasteiger partial charge on any atom is -0.353 e. The summed E-state index contributed by atoms with van der Waals surface area (Å²) in [6.45, 7) is 11.4. The fourth-order valence-electron chi connectivity index (χ4n) is 1.79. The lowest BCUT2D eigenvalue weighted by atomic mass is 9.84. The largest absolute Gasteiger partial charge is 0.353 e. The number of rotatable bonds is 8. The van der Waals surface area contributed by atoms with Gasteiger partial charge in [-0.3, -0.25) is 4.79 Å². The lowest BCUT2D eigenvalue weighted by Crippen LogP contribution is -2.37. The van der Waals surface area contributed by atoms with Crippen molar-refractivity contribution in [1.82, 2.24) is 5.32 Å². The molecule has 0 spiro atoms. The summed E-state index contributed by atoms with van der Waals surface area (Å²) in [4.78, 5) is 11.8. The summed E-state index contributed by atoms with van der Waals surface area (Å²) in [5.41, 5.74) is 5.73. The van der Waals surface area contributed by atoms with Gasteiger partial charge in [-0.05, 0) is 37.6 Å². The first-order chi connectivity index (χ1) is 7.82. The summed E-state index contributed by atoms with van der Waals surface area (Å²) in [5.74, 6) is 0.707. The van der Waals surface area contributed by atoms with Crippen LogP contribution in [0.5, 0.6) is 0 Å². The Morgan fingerprint density at radius 1 is 1.29 bits per heavy atom. The number of nitrogens with two attached hydrogens (primary N) is 1. The molecule has 102 valence electrons. The van der Waals surface area contributed by atoms with Crippen LogP contribution in [0.2, 0.25) is 0 Å². The van der Waals surface area contributed by atoms with Crippen molar-refractivity contribution in [1.29, 1.82) is 0 Å². The summed E-state index contributed by atoms with van der Waals surface area (Å²) in [5, 5.41) is 3.08. The molecule has 3 nitrogen and oxygen atoms in total. The Morgan fingerprint density at radius 3 is 2.35 bits per heavy atom. The van der Waals surface area contributed by atoms with Crippen molar-refractivity contribution in [3.05, 3.63) is 0 Å². The number of amides is 1. The van der Waals surface area contributed by atoms with Crippen molar-refractivity contribution in [3.8, 4) is 0 Å². The van der Waals surface area contributed by atoms with Crippen molar-refractivity contribution in [3.63, 3.8) is 0 Å². The van der Waals surface area contributed by atoms with Crippen LogP contribution < -0.4 is 11.1 Å². The maximum atomic E-state index is 11.8. The molecule has 17 heavy (non-hydrogen) atoms. The molecule has 0 fully saturated rings. The fraction of sp³-hybridized carbons (Fsp3) is 0.929. The van der Waals surface area contributed by atoms with Crippen LogP contribution in [0.25, 0.3) is 0 Å². The van der Waals surface area contributed by atoms with Gasteiger partial charge in [0.2, 0.25) is 5.91 Å². The number of carbonyl (C=O) groups excluding carboxylic acids is 1. The summed E-state index contributed by atoms with van der Waals surface area (Å²) >= 11 is 0. The quantitative estimate of drug-likeness (QED) is 0.687. The van der Waals surface area contributed by atoms with Gasteiger partial charge in [0.05, 0.1) is 0 Å². The third kappa shape index (κ3) is 7.37. The van der Waals surface area contributed by atoms with Gasteiger partial charge in [0, 0.05) is 12.5 Å². The van der Waals surface area contributed by atoms with Gasteiger partial charge in [0.1, 0.15) is 0 Å². The monoisotopic (exact) mass is 242 g/mol. The fourth-order valence-corrected chi connectivity index (χ4v) is 1.79. The van der Waals surface area contributed by atoms with Gasteiger partial charge in [0.25, 0.3) is 0 Å². The minimum atomic E-state index is 0.169. The lowest BCUT2D eigenvalue weighted by Gasteiger charge is -2.25. The standard InChI is InChI=1S/C14H30N2O/c1-6-11(2)12(3)16-13(17)7-8-14(4,5)9-10-15/h11-12H,6-10,15H2,1-5H3,(H,16,17). The summed E-state index contributed by atoms with van der Waals surface area (Å²) in [7, 11) is 0. The number of hydrogen-bond donors (Lipinski definition) is 2. The van der Waals surface area contributed by atoms with Crippen molar-refractivity contribution < 1.29 is 4.79 Å². The van der Waals surface area contributed by atoms with E-state index in [4.69, 9.17) is 5.73 Å². The molecule has 0 saturated carbocycles. The Hall–Kier alpha value is -0.570. The van der Waals surface area contributed by atoms with Crippen molar-refractivity contribution in [2.45, 2.75) is 66.3 Å². The third-order valence-electron chi connectivity index (χ3n) is 3.74. The van der Waals surface area contributed by atoms with Crippen LogP contribution >= 0.6 is 0 Å². The molecule has 0 saturated heterocycles. The molecule has 0 aliphatic heterocycles. The van der Waals surface area contributed by atoms with E-state index in [2.05, 4.69) is 39.9 Å². The normalized spacial score (nSPS) is 15.4. The Kier molecular flexibility index (Phi) is 7.44. The summed E-state index contributed by atoms with van der Waals surface area (Å²) in [6, 6.07) is 0.269. The van der Waals surface area contributed by atoms with E-state index in [1.54, 1.807) is 0 Å². The molecule has 0 aromatic rings. The topological polar surface area (TPSA) is 55.1 Å². The second kappa shape index (κ2) is 7.70. The first-order valence-electron chi connectivity index (χ1n) is 6.82. The van der Waals surface area contributed by atoms with Crippen LogP contribution in [0, 0.1) is 11.3 Å². The van der Waals surface area contributed by atoms with E-state index < -0.39 is 0 Å². The maximum absolute atomic E-state index is 11.8. The van der Waals surface area contributed by atoms with Gasteiger partial charge >= 0.3 is 0 Å². The zero-order valence-electron chi connectivity index (χ0n) is 12.2. The van der Waals surface area contributed by atoms with Gasteiger partial charge in [-0.1, -0.05) is 34.1 Å². The molecule has 0 aliphatic rings. The Bertz CT molecular complexity index is 226. The van der Waals surface area contributed by atoms with Gasteiger partial charge in [0.15, 0.2) is 0 Å². The van der Waals surface area contributed by atoms with Crippen LogP contribution in [0.4, 0.5) is 0 Å². The highest BCUT2D eigenvalue weighted by molar-refractivity contribution is 5.76. The maximum Gasteiger partial charge on any atom is 0.220 e. The van der Waals surface area contributed by atoms with E-state index in [1.807, 2.05) is 0 Å². The first kappa shape index (κ1) is 16.4. The van der Waals surface area contributed by atoms with Gasteiger partial charge in [-0.15, -0.1) is 0 Å². The van der Waals surface area contributed by atoms with Crippen LogP contribution in [0.15, 0.2) is 0 Å². The molecule has 0 bridgehead atoms. The second-order valence-corrected chi connectivity index (χ2v) is 5.94. The average molecular weight is 242 g/mol. The van der Waals surface area contributed by atoms with E-state index >= 15 is 0 Å². The zero-order valence-corrected chi connectivity index (χ0v) is 12.2. The molecular weight excluding hydrogens is 212 g/mol. The second-order valence-electron chi connectivity index (χ2n) is 5.94. The predicted molar refractivity (Wildman–Crippen MR) is 73.7 cm³/mol. The number of nitrogens with one attached hydrogen (secondary N) is 1. The average Bonchev–Trinajstić information content (AvgIpc) is 2.25. The molecule has 2 unspecified atom stereocenters. The minimum absolute atomic E-state index is 0.169. The van der Waals surface area contributed by atoms with Crippen molar-refractivity contribution in [2.75, 3.05) is 6.54 Å². The zero-order chi connectivity index (χ0) is 13.5. The van der Waals surface area contributed by atoms with Crippen molar-refractivity contribution in [2.24, 2.45) is 17.1 Å². The molecule has 0 radical (unpaired) electrons. The highest BCUT2D eigenvalue weighted by atomic mass is 16.1. The number of hydrogen-bond acceptors (Lipinski definition) is 2. The van der Waals surface area contributed by atoms with E-state index in [0.717, 1.165) is 19.3 Å². The predicted octanol–water partition coefficient (Wildman–Crippen LogP) is 2.69. The van der Waals surface area contributed by atoms with Gasteiger partial charge < -0.3 is 11.1 Å². The lowest BCUT2D eigenvalue weighted by molar-refractivity contribution is -0.122. The van der Waals surface area contributed by atoms with Crippen LogP contribution in [0.3, 0.4) is 0 Å². The van der Waals surface area contributed by atoms with E-state index in [9.17, 15) is 4.79 Å². The molecule has 0 aromatic carbocycles. The molecule has 0 rings (SSSR count). The van der Waals surface area contributed by atoms with Crippen LogP contribution in [-0.4, -0.2) is 18.5 Å². The smallest absolute Gasteiger partial charge is 0.220 e. The van der Waals surface area contributed by atoms with Crippen LogP contribution in [-0.2, 0) is 4.79 Å². The molecule has 3 N–H and O–H groups in total. The SMILES string of the molecule is CCC(C)C(C)NC(=O)CCC(C)(C)CCN. The van der Waals surface area contributed by atoms with Gasteiger partial charge in [-0.2, -0.15) is 0 Å². The molecular formula is C14H30N2O. The van der Waals surface area contributed by atoms with E-state index in [-0.39, 0.29) is 17.4 Å². The molecule has 0 heterocycles. The molecule has 2 atom stereocenters. The Balaban J connectivity index is 3.95. The van der Waals surface area contributed by atoms with Crippen LogP contribution in [0.1, 0.15) is 60.3 Å². The number of carbonyl (C=O) groups is 1. The highest BCUT2D eigenvalue weighted by Gasteiger charge is 2.19.